The van der Waals surface area contributed by atoms with E-state index in [0.717, 1.165) is 0 Å². The fraction of sp³-hybridized carbons (Fsp3) is 0. The van der Waals surface area contributed by atoms with Crippen LogP contribution >= 0.6 is 0 Å². The summed E-state index contributed by atoms with van der Waals surface area (Å²) in [5.41, 5.74) is -1.43. The van der Waals surface area contributed by atoms with Gasteiger partial charge < -0.3 is 5.32 Å². The average molecular weight is 281 g/mol. The molecule has 0 saturated heterocycles. The van der Waals surface area contributed by atoms with Crippen LogP contribution in [0.15, 0.2) is 28.0 Å². The van der Waals surface area contributed by atoms with E-state index in [-0.39, 0.29) is 16.7 Å². The number of nitriles is 3. The number of anilines is 1. The summed E-state index contributed by atoms with van der Waals surface area (Å²) in [6.45, 7) is 0. The first-order valence-corrected chi connectivity index (χ1v) is 5.23. The summed E-state index contributed by atoms with van der Waals surface area (Å²) in [4.78, 5) is 10.4. The Kier molecular flexibility index (Phi) is 3.43. The van der Waals surface area contributed by atoms with E-state index in [4.69, 9.17) is 15.8 Å². The second kappa shape index (κ2) is 5.34. The first kappa shape index (κ1) is 13.5. The van der Waals surface area contributed by atoms with E-state index in [9.17, 15) is 10.1 Å². The van der Waals surface area contributed by atoms with Gasteiger partial charge in [-0.25, -0.2) is 4.63 Å². The molecule has 0 atom stereocenters. The largest absolute Gasteiger partial charge is 0.339 e. The molecule has 10 heteroatoms. The molecule has 0 bridgehead atoms. The highest BCUT2D eigenvalue weighted by Gasteiger charge is 2.23. The molecule has 1 aromatic carbocycles. The first-order valence-electron chi connectivity index (χ1n) is 5.23. The van der Waals surface area contributed by atoms with Gasteiger partial charge in [0.05, 0.1) is 4.92 Å². The van der Waals surface area contributed by atoms with Gasteiger partial charge in [-0.05, 0) is 22.4 Å². The molecule has 0 aliphatic rings. The summed E-state index contributed by atoms with van der Waals surface area (Å²) in [5, 5.41) is 46.8. The molecule has 21 heavy (non-hydrogen) atoms. The van der Waals surface area contributed by atoms with Gasteiger partial charge in [0.25, 0.3) is 0 Å². The minimum Gasteiger partial charge on any atom is -0.339 e. The van der Waals surface area contributed by atoms with Crippen LogP contribution in [-0.2, 0) is 0 Å². The molecule has 0 aliphatic heterocycles. The number of allylic oxidation sites excluding steroid dienone is 2. The van der Waals surface area contributed by atoms with Crippen LogP contribution in [0.3, 0.4) is 0 Å². The molecule has 0 amide bonds. The van der Waals surface area contributed by atoms with Crippen molar-refractivity contribution in [1.29, 1.82) is 15.8 Å². The van der Waals surface area contributed by atoms with E-state index in [0.29, 0.717) is 0 Å². The summed E-state index contributed by atoms with van der Waals surface area (Å²) in [6.07, 6.45) is 0. The number of hydrogen-bond acceptors (Lipinski definition) is 9. The number of nitrogens with zero attached hydrogens (tertiary/aromatic N) is 6. The second-order valence-corrected chi connectivity index (χ2v) is 3.56. The number of nitro benzene ring substituents is 1. The second-order valence-electron chi connectivity index (χ2n) is 3.56. The molecule has 0 radical (unpaired) electrons. The first-order chi connectivity index (χ1) is 10.1. The third kappa shape index (κ3) is 2.30. The monoisotopic (exact) mass is 281 g/mol. The van der Waals surface area contributed by atoms with E-state index >= 15 is 0 Å². The summed E-state index contributed by atoms with van der Waals surface area (Å²) in [5.74, 6) is 0. The molecular formula is C11H3N7O3. The molecule has 10 nitrogen and oxygen atoms in total. The number of rotatable bonds is 3. The smallest absolute Gasteiger partial charge is 0.323 e. The fourth-order valence-corrected chi connectivity index (χ4v) is 1.54. The van der Waals surface area contributed by atoms with Crippen LogP contribution < -0.4 is 5.32 Å². The molecule has 0 spiro atoms. The predicted octanol–water partition coefficient (Wildman–Crippen LogP) is 1.37. The quantitative estimate of drug-likeness (QED) is 0.496. The molecule has 2 aromatic rings. The Morgan fingerprint density at radius 3 is 2.52 bits per heavy atom. The molecule has 0 unspecified atom stereocenters. The number of hydrogen-bond donors (Lipinski definition) is 1. The number of benzene rings is 1. The van der Waals surface area contributed by atoms with Crippen LogP contribution in [0, 0.1) is 44.1 Å². The number of fused-ring (bicyclic) bond motifs is 1. The Balaban J connectivity index is 2.64. The van der Waals surface area contributed by atoms with Gasteiger partial charge in [0.15, 0.2) is 5.57 Å². The van der Waals surface area contributed by atoms with Gasteiger partial charge in [0, 0.05) is 0 Å². The molecule has 0 saturated carbocycles. The molecule has 0 aliphatic carbocycles. The van der Waals surface area contributed by atoms with E-state index in [1.54, 1.807) is 6.07 Å². The Labute approximate surface area is 116 Å². The zero-order chi connectivity index (χ0) is 15.4. The van der Waals surface area contributed by atoms with Gasteiger partial charge in [-0.2, -0.15) is 15.8 Å². The molecule has 1 N–H and O–H groups in total. The van der Waals surface area contributed by atoms with E-state index < -0.39 is 21.9 Å². The van der Waals surface area contributed by atoms with Gasteiger partial charge in [0.2, 0.25) is 5.52 Å². The maximum Gasteiger partial charge on any atom is 0.323 e. The van der Waals surface area contributed by atoms with Crippen molar-refractivity contribution in [3.8, 4) is 18.2 Å². The van der Waals surface area contributed by atoms with E-state index in [1.165, 1.54) is 24.3 Å². The van der Waals surface area contributed by atoms with Crippen molar-refractivity contribution >= 4 is 22.4 Å². The number of nitro groups is 1. The van der Waals surface area contributed by atoms with Crippen molar-refractivity contribution in [1.82, 2.24) is 10.3 Å². The minimum absolute atomic E-state index is 0.109. The fourth-order valence-electron chi connectivity index (χ4n) is 1.54. The molecule has 1 heterocycles. The third-order valence-electron chi connectivity index (χ3n) is 2.43. The Morgan fingerprint density at radius 2 is 1.95 bits per heavy atom. The van der Waals surface area contributed by atoms with Crippen molar-refractivity contribution in [3.63, 3.8) is 0 Å². The maximum atomic E-state index is 11.1. The lowest BCUT2D eigenvalue weighted by molar-refractivity contribution is -0.382. The predicted molar refractivity (Wildman–Crippen MR) is 65.9 cm³/mol. The lowest BCUT2D eigenvalue weighted by atomic mass is 10.2. The van der Waals surface area contributed by atoms with E-state index in [1.807, 2.05) is 0 Å². The van der Waals surface area contributed by atoms with Crippen LogP contribution in [0.4, 0.5) is 11.4 Å². The molecular weight excluding hydrogens is 278 g/mol. The average Bonchev–Trinajstić information content (AvgIpc) is 2.94. The van der Waals surface area contributed by atoms with Gasteiger partial charge in [-0.15, -0.1) is 0 Å². The van der Waals surface area contributed by atoms with Gasteiger partial charge in [-0.1, -0.05) is 0 Å². The normalized spacial score (nSPS) is 9.19. The Hall–Kier alpha value is -3.97. The van der Waals surface area contributed by atoms with Crippen molar-refractivity contribution in [3.05, 3.63) is 33.5 Å². The van der Waals surface area contributed by atoms with Crippen molar-refractivity contribution in [2.24, 2.45) is 0 Å². The highest BCUT2D eigenvalue weighted by Crippen LogP contribution is 2.32. The van der Waals surface area contributed by atoms with Gasteiger partial charge in [-0.3, -0.25) is 10.1 Å². The lowest BCUT2D eigenvalue weighted by Gasteiger charge is -2.05. The molecule has 100 valence electrons. The highest BCUT2D eigenvalue weighted by molar-refractivity contribution is 5.91. The topological polar surface area (TPSA) is 165 Å². The zero-order valence-corrected chi connectivity index (χ0v) is 10.1. The number of aromatic nitrogens is 2. The van der Waals surface area contributed by atoms with Crippen LogP contribution in [0.1, 0.15) is 0 Å². The summed E-state index contributed by atoms with van der Waals surface area (Å²) >= 11 is 0. The lowest BCUT2D eigenvalue weighted by Crippen LogP contribution is -2.04. The van der Waals surface area contributed by atoms with Gasteiger partial charge >= 0.3 is 5.69 Å². The summed E-state index contributed by atoms with van der Waals surface area (Å²) in [7, 11) is 0. The number of nitrogens with one attached hydrogen (secondary N) is 1. The van der Waals surface area contributed by atoms with Crippen LogP contribution in [0.5, 0.6) is 0 Å². The summed E-state index contributed by atoms with van der Waals surface area (Å²) in [6, 6.07) is 7.30. The van der Waals surface area contributed by atoms with Crippen LogP contribution in [0.25, 0.3) is 11.0 Å². The van der Waals surface area contributed by atoms with Crippen molar-refractivity contribution in [2.45, 2.75) is 0 Å². The molecule has 0 fully saturated rings. The minimum atomic E-state index is -0.734. The summed E-state index contributed by atoms with van der Waals surface area (Å²) < 4.78 is 4.42. The van der Waals surface area contributed by atoms with E-state index in [2.05, 4.69) is 20.3 Å². The van der Waals surface area contributed by atoms with Crippen LogP contribution in [-0.4, -0.2) is 15.2 Å². The van der Waals surface area contributed by atoms with Crippen LogP contribution in [0.2, 0.25) is 0 Å². The van der Waals surface area contributed by atoms with Gasteiger partial charge in [0.1, 0.15) is 35.1 Å². The van der Waals surface area contributed by atoms with Crippen molar-refractivity contribution < 1.29 is 9.55 Å². The van der Waals surface area contributed by atoms with Crippen molar-refractivity contribution in [2.75, 3.05) is 5.32 Å². The Morgan fingerprint density at radius 1 is 1.24 bits per heavy atom. The maximum absolute atomic E-state index is 11.1. The highest BCUT2D eigenvalue weighted by atomic mass is 16.6. The Bertz CT molecular complexity index is 875. The SMILES string of the molecule is N#CC(C#N)=C(C#N)Nc1ccc2nonc2c1[N+](=O)[O-]. The molecule has 2 rings (SSSR count). The standard InChI is InChI=1S/C11H3N7O3/c12-3-6(4-13)9(5-14)15-8-2-1-7-10(17-21-16-7)11(8)18(19)20/h1-2,15H. The molecule has 1 aromatic heterocycles. The third-order valence-corrected chi connectivity index (χ3v) is 2.43. The zero-order valence-electron chi connectivity index (χ0n) is 10.1.